The van der Waals surface area contributed by atoms with Crippen molar-refractivity contribution in [3.8, 4) is 23.0 Å². The van der Waals surface area contributed by atoms with Crippen molar-refractivity contribution in [3.05, 3.63) is 95.0 Å². The van der Waals surface area contributed by atoms with Crippen molar-refractivity contribution in [2.75, 3.05) is 17.2 Å². The van der Waals surface area contributed by atoms with Crippen LogP contribution in [-0.4, -0.2) is 46.2 Å². The standard InChI is InChI=1S/C32H33N9O3/c1-4-16-40-32(43)22-13-14-27(37-29(22)41(40)20(2)3)36-28-17-25(35-26(19-42)21-10-6-5-7-11-21)23(18-34-28)30-38-39-31(44-30)24-12-8-9-15-33-24/h5-15,17-18,20,26,42H,4,16,19H2,1-3H3,(H2,34,35,36,37)/t26-/m1/s1. The highest BCUT2D eigenvalue weighted by molar-refractivity contribution is 5.79. The number of benzene rings is 1. The molecular formula is C32H33N9O3. The summed E-state index contributed by atoms with van der Waals surface area (Å²) in [5.74, 6) is 1.54. The highest BCUT2D eigenvalue weighted by Gasteiger charge is 2.20. The summed E-state index contributed by atoms with van der Waals surface area (Å²) >= 11 is 0. The van der Waals surface area contributed by atoms with Crippen molar-refractivity contribution >= 4 is 28.4 Å². The zero-order valence-electron chi connectivity index (χ0n) is 24.7. The van der Waals surface area contributed by atoms with E-state index in [-0.39, 0.29) is 30.0 Å². The van der Waals surface area contributed by atoms with Gasteiger partial charge in [0.2, 0.25) is 0 Å². The van der Waals surface area contributed by atoms with Gasteiger partial charge in [0.05, 0.1) is 29.3 Å². The number of hydrogen-bond acceptors (Lipinski definition) is 10. The molecule has 0 aliphatic heterocycles. The molecule has 6 rings (SSSR count). The fourth-order valence-electron chi connectivity index (χ4n) is 5.13. The van der Waals surface area contributed by atoms with Crippen LogP contribution in [0, 0.1) is 0 Å². The molecule has 1 aromatic carbocycles. The van der Waals surface area contributed by atoms with Crippen LogP contribution in [-0.2, 0) is 6.54 Å². The number of fused-ring (bicyclic) bond motifs is 1. The Morgan fingerprint density at radius 2 is 1.75 bits per heavy atom. The first-order chi connectivity index (χ1) is 21.5. The summed E-state index contributed by atoms with van der Waals surface area (Å²) in [7, 11) is 0. The van der Waals surface area contributed by atoms with Crippen LogP contribution in [0.2, 0.25) is 0 Å². The first-order valence-electron chi connectivity index (χ1n) is 14.5. The van der Waals surface area contributed by atoms with Crippen LogP contribution in [0.15, 0.2) is 88.3 Å². The van der Waals surface area contributed by atoms with Crippen LogP contribution in [0.1, 0.15) is 44.8 Å². The molecule has 5 heterocycles. The lowest BCUT2D eigenvalue weighted by Gasteiger charge is -2.20. The molecule has 224 valence electrons. The highest BCUT2D eigenvalue weighted by atomic mass is 16.4. The number of nitrogens with zero attached hydrogens (tertiary/aromatic N) is 7. The molecule has 0 radical (unpaired) electrons. The van der Waals surface area contributed by atoms with Gasteiger partial charge in [0, 0.05) is 31.0 Å². The SMILES string of the molecule is CCCn1c(=O)c2ccc(Nc3cc(N[C@H](CO)c4ccccc4)c(-c4nnc(-c5ccccn5)o4)cn3)nc2n1C(C)C. The van der Waals surface area contributed by atoms with Crippen molar-refractivity contribution in [2.24, 2.45) is 0 Å². The van der Waals surface area contributed by atoms with Crippen molar-refractivity contribution in [1.82, 2.24) is 34.5 Å². The highest BCUT2D eigenvalue weighted by Crippen LogP contribution is 2.33. The average Bonchev–Trinajstić information content (AvgIpc) is 3.64. The molecule has 3 N–H and O–H groups in total. The van der Waals surface area contributed by atoms with Gasteiger partial charge in [-0.1, -0.05) is 43.3 Å². The zero-order chi connectivity index (χ0) is 30.6. The van der Waals surface area contributed by atoms with E-state index in [0.717, 1.165) is 12.0 Å². The smallest absolute Gasteiger partial charge is 0.276 e. The van der Waals surface area contributed by atoms with E-state index < -0.39 is 6.04 Å². The van der Waals surface area contributed by atoms with Crippen LogP contribution >= 0.6 is 0 Å². The van der Waals surface area contributed by atoms with Crippen molar-refractivity contribution in [1.29, 1.82) is 0 Å². The predicted octanol–water partition coefficient (Wildman–Crippen LogP) is 5.59. The Hall–Kier alpha value is -5.36. The van der Waals surface area contributed by atoms with E-state index in [2.05, 4.69) is 30.8 Å². The minimum Gasteiger partial charge on any atom is -0.414 e. The van der Waals surface area contributed by atoms with Gasteiger partial charge in [-0.3, -0.25) is 14.5 Å². The minimum absolute atomic E-state index is 0.0431. The van der Waals surface area contributed by atoms with Gasteiger partial charge < -0.3 is 20.2 Å². The van der Waals surface area contributed by atoms with Gasteiger partial charge in [0.15, 0.2) is 5.65 Å². The molecule has 12 nitrogen and oxygen atoms in total. The lowest BCUT2D eigenvalue weighted by molar-refractivity contribution is 0.276. The summed E-state index contributed by atoms with van der Waals surface area (Å²) < 4.78 is 9.69. The van der Waals surface area contributed by atoms with E-state index in [1.807, 2.05) is 67.9 Å². The summed E-state index contributed by atoms with van der Waals surface area (Å²) in [6.45, 7) is 6.57. The minimum atomic E-state index is -0.420. The van der Waals surface area contributed by atoms with Gasteiger partial charge in [-0.25, -0.2) is 14.6 Å². The Bertz CT molecular complexity index is 1930. The Balaban J connectivity index is 1.39. The maximum atomic E-state index is 13.1. The van der Waals surface area contributed by atoms with E-state index in [1.54, 1.807) is 41.3 Å². The number of rotatable bonds is 11. The van der Waals surface area contributed by atoms with Crippen molar-refractivity contribution in [3.63, 3.8) is 0 Å². The molecular weight excluding hydrogens is 558 g/mol. The Labute approximate surface area is 253 Å². The third-order valence-corrected chi connectivity index (χ3v) is 7.16. The predicted molar refractivity (Wildman–Crippen MR) is 169 cm³/mol. The number of pyridine rings is 3. The second-order valence-corrected chi connectivity index (χ2v) is 10.6. The van der Waals surface area contributed by atoms with E-state index in [1.165, 1.54) is 0 Å². The fourth-order valence-corrected chi connectivity index (χ4v) is 5.13. The van der Waals surface area contributed by atoms with E-state index in [0.29, 0.717) is 46.2 Å². The number of aliphatic hydroxyl groups is 1. The van der Waals surface area contributed by atoms with Gasteiger partial charge in [-0.05, 0) is 50.1 Å². The largest absolute Gasteiger partial charge is 0.414 e. The quantitative estimate of drug-likeness (QED) is 0.174. The molecule has 44 heavy (non-hydrogen) atoms. The van der Waals surface area contributed by atoms with Gasteiger partial charge in [-0.15, -0.1) is 10.2 Å². The molecule has 6 aromatic rings. The Kier molecular flexibility index (Phi) is 8.15. The lowest BCUT2D eigenvalue weighted by atomic mass is 10.1. The second-order valence-electron chi connectivity index (χ2n) is 10.6. The number of aliphatic hydroxyl groups excluding tert-OH is 1. The molecule has 0 fully saturated rings. The Morgan fingerprint density at radius 3 is 2.48 bits per heavy atom. The summed E-state index contributed by atoms with van der Waals surface area (Å²) in [6.07, 6.45) is 4.12. The van der Waals surface area contributed by atoms with Crippen molar-refractivity contribution < 1.29 is 9.52 Å². The normalized spacial score (nSPS) is 12.1. The summed E-state index contributed by atoms with van der Waals surface area (Å²) in [5.41, 5.74) is 3.17. The molecule has 5 aromatic heterocycles. The van der Waals surface area contributed by atoms with E-state index >= 15 is 0 Å². The molecule has 0 aliphatic rings. The number of hydrogen-bond donors (Lipinski definition) is 3. The fraction of sp³-hybridized carbons (Fsp3) is 0.250. The van der Waals surface area contributed by atoms with Gasteiger partial charge >= 0.3 is 0 Å². The summed E-state index contributed by atoms with van der Waals surface area (Å²) in [4.78, 5) is 26.8. The first kappa shape index (κ1) is 28.7. The third-order valence-electron chi connectivity index (χ3n) is 7.16. The van der Waals surface area contributed by atoms with E-state index in [9.17, 15) is 9.90 Å². The van der Waals surface area contributed by atoms with Crippen LogP contribution in [0.4, 0.5) is 17.3 Å². The molecule has 12 heteroatoms. The number of nitrogens with one attached hydrogen (secondary N) is 2. The van der Waals surface area contributed by atoms with Gasteiger partial charge in [0.1, 0.15) is 17.3 Å². The molecule has 0 unspecified atom stereocenters. The van der Waals surface area contributed by atoms with E-state index in [4.69, 9.17) is 9.40 Å². The lowest BCUT2D eigenvalue weighted by Crippen LogP contribution is -2.24. The maximum absolute atomic E-state index is 13.1. The van der Waals surface area contributed by atoms with Crippen LogP contribution in [0.25, 0.3) is 34.1 Å². The summed E-state index contributed by atoms with van der Waals surface area (Å²) in [5, 5.41) is 26.0. The van der Waals surface area contributed by atoms with Crippen LogP contribution in [0.3, 0.4) is 0 Å². The maximum Gasteiger partial charge on any atom is 0.276 e. The topological polar surface area (TPSA) is 149 Å². The second kappa shape index (κ2) is 12.5. The average molecular weight is 592 g/mol. The van der Waals surface area contributed by atoms with Crippen LogP contribution in [0.5, 0.6) is 0 Å². The first-order valence-corrected chi connectivity index (χ1v) is 14.5. The molecule has 0 saturated carbocycles. The molecule has 0 spiro atoms. The van der Waals surface area contributed by atoms with Crippen molar-refractivity contribution in [2.45, 2.75) is 45.8 Å². The Morgan fingerprint density at radius 1 is 0.955 bits per heavy atom. The number of aromatic nitrogens is 7. The molecule has 1 atom stereocenters. The zero-order valence-corrected chi connectivity index (χ0v) is 24.7. The van der Waals surface area contributed by atoms with Crippen LogP contribution < -0.4 is 16.2 Å². The monoisotopic (exact) mass is 591 g/mol. The summed E-state index contributed by atoms with van der Waals surface area (Å²) in [6, 6.07) is 20.1. The number of anilines is 3. The molecule has 0 bridgehead atoms. The third kappa shape index (κ3) is 5.66. The molecule has 0 saturated heterocycles. The molecule has 0 amide bonds. The molecule has 0 aliphatic carbocycles. The van der Waals surface area contributed by atoms with Gasteiger partial charge in [0.25, 0.3) is 17.3 Å². The van der Waals surface area contributed by atoms with Gasteiger partial charge in [-0.2, -0.15) is 0 Å².